The number of hydrogen-bond donors (Lipinski definition) is 3. The first-order chi connectivity index (χ1) is 9.58. The highest BCUT2D eigenvalue weighted by Gasteiger charge is 2.10. The molecular formula is C15H14N4O. The van der Waals surface area contributed by atoms with Gasteiger partial charge >= 0.3 is 0 Å². The van der Waals surface area contributed by atoms with Gasteiger partial charge in [0.15, 0.2) is 0 Å². The van der Waals surface area contributed by atoms with Crippen LogP contribution < -0.4 is 17.0 Å². The van der Waals surface area contributed by atoms with Crippen LogP contribution in [0.4, 0.5) is 11.4 Å². The molecule has 0 saturated carbocycles. The molecule has 0 saturated heterocycles. The molecule has 0 spiro atoms. The van der Waals surface area contributed by atoms with Crippen LogP contribution in [0.25, 0.3) is 22.0 Å². The number of H-pyrrole nitrogens is 1. The monoisotopic (exact) mass is 266 g/mol. The Hall–Kier alpha value is -2.82. The van der Waals surface area contributed by atoms with Crippen molar-refractivity contribution < 1.29 is 0 Å². The number of rotatable bonds is 1. The molecular weight excluding hydrogens is 252 g/mol. The third-order valence-corrected chi connectivity index (χ3v) is 3.39. The summed E-state index contributed by atoms with van der Waals surface area (Å²) >= 11 is 0. The van der Waals surface area contributed by atoms with Crippen molar-refractivity contribution in [1.29, 1.82) is 0 Å². The molecule has 0 aliphatic carbocycles. The van der Waals surface area contributed by atoms with Gasteiger partial charge in [0.1, 0.15) is 0 Å². The molecule has 3 aromatic rings. The van der Waals surface area contributed by atoms with Crippen LogP contribution >= 0.6 is 0 Å². The van der Waals surface area contributed by atoms with Gasteiger partial charge in [-0.25, -0.2) is 5.10 Å². The third-order valence-electron chi connectivity index (χ3n) is 3.39. The fraction of sp³-hybridized carbons (Fsp3) is 0.0667. The van der Waals surface area contributed by atoms with Gasteiger partial charge in [0.25, 0.3) is 5.56 Å². The summed E-state index contributed by atoms with van der Waals surface area (Å²) in [5.41, 5.74) is 15.1. The molecule has 1 aromatic heterocycles. The zero-order chi connectivity index (χ0) is 14.3. The molecule has 0 bridgehead atoms. The highest BCUT2D eigenvalue weighted by atomic mass is 16.1. The van der Waals surface area contributed by atoms with Crippen molar-refractivity contribution in [1.82, 2.24) is 10.2 Å². The van der Waals surface area contributed by atoms with Crippen LogP contribution in [0.2, 0.25) is 0 Å². The highest BCUT2D eigenvalue weighted by Crippen LogP contribution is 2.30. The quantitative estimate of drug-likeness (QED) is 0.587. The van der Waals surface area contributed by atoms with Crippen molar-refractivity contribution in [2.75, 3.05) is 11.5 Å². The van der Waals surface area contributed by atoms with Gasteiger partial charge in [-0.1, -0.05) is 18.2 Å². The summed E-state index contributed by atoms with van der Waals surface area (Å²) in [5, 5.41) is 8.07. The number of fused-ring (bicyclic) bond motifs is 1. The lowest BCUT2D eigenvalue weighted by Crippen LogP contribution is -2.09. The van der Waals surface area contributed by atoms with Gasteiger partial charge in [-0.15, -0.1) is 0 Å². The van der Waals surface area contributed by atoms with Crippen molar-refractivity contribution in [2.24, 2.45) is 0 Å². The van der Waals surface area contributed by atoms with Crippen LogP contribution in [0.15, 0.2) is 41.2 Å². The zero-order valence-corrected chi connectivity index (χ0v) is 11.0. The largest absolute Gasteiger partial charge is 0.397 e. The molecule has 0 aliphatic rings. The van der Waals surface area contributed by atoms with Crippen LogP contribution in [0, 0.1) is 6.92 Å². The van der Waals surface area contributed by atoms with E-state index in [1.54, 1.807) is 12.1 Å². The van der Waals surface area contributed by atoms with Crippen molar-refractivity contribution in [3.05, 3.63) is 52.3 Å². The topological polar surface area (TPSA) is 97.8 Å². The summed E-state index contributed by atoms with van der Waals surface area (Å²) < 4.78 is 0. The molecule has 20 heavy (non-hydrogen) atoms. The first-order valence-corrected chi connectivity index (χ1v) is 6.21. The number of benzene rings is 2. The van der Waals surface area contributed by atoms with Gasteiger partial charge in [0, 0.05) is 10.9 Å². The van der Waals surface area contributed by atoms with Crippen LogP contribution in [0.5, 0.6) is 0 Å². The molecule has 1 heterocycles. The molecule has 2 aromatic carbocycles. The van der Waals surface area contributed by atoms with Gasteiger partial charge in [-0.3, -0.25) is 4.79 Å². The molecule has 3 rings (SSSR count). The fourth-order valence-corrected chi connectivity index (χ4v) is 2.30. The van der Waals surface area contributed by atoms with E-state index in [0.717, 1.165) is 16.5 Å². The molecule has 0 radical (unpaired) electrons. The molecule has 5 N–H and O–H groups in total. The van der Waals surface area contributed by atoms with Gasteiger partial charge in [-0.2, -0.15) is 5.10 Å². The van der Waals surface area contributed by atoms with Gasteiger partial charge < -0.3 is 11.5 Å². The lowest BCUT2D eigenvalue weighted by Gasteiger charge is -2.09. The summed E-state index contributed by atoms with van der Waals surface area (Å²) in [7, 11) is 0. The number of nitrogens with one attached hydrogen (secondary N) is 1. The minimum Gasteiger partial charge on any atom is -0.397 e. The molecule has 0 unspecified atom stereocenters. The van der Waals surface area contributed by atoms with Crippen LogP contribution in [0.3, 0.4) is 0 Å². The number of aromatic amines is 1. The summed E-state index contributed by atoms with van der Waals surface area (Å²) in [6, 6.07) is 11.0. The highest BCUT2D eigenvalue weighted by molar-refractivity contribution is 5.94. The Kier molecular flexibility index (Phi) is 2.68. The van der Waals surface area contributed by atoms with E-state index in [9.17, 15) is 4.79 Å². The summed E-state index contributed by atoms with van der Waals surface area (Å²) in [4.78, 5) is 11.8. The van der Waals surface area contributed by atoms with Gasteiger partial charge in [-0.05, 0) is 30.7 Å². The Morgan fingerprint density at radius 2 is 1.80 bits per heavy atom. The fourth-order valence-electron chi connectivity index (χ4n) is 2.30. The van der Waals surface area contributed by atoms with Gasteiger partial charge in [0.2, 0.25) is 0 Å². The Morgan fingerprint density at radius 1 is 1.10 bits per heavy atom. The number of anilines is 2. The average molecular weight is 266 g/mol. The maximum absolute atomic E-state index is 11.8. The first-order valence-electron chi connectivity index (χ1n) is 6.21. The Morgan fingerprint density at radius 3 is 2.50 bits per heavy atom. The lowest BCUT2D eigenvalue weighted by molar-refractivity contribution is 1.02. The zero-order valence-electron chi connectivity index (χ0n) is 11.0. The predicted octanol–water partition coefficient (Wildman–Crippen LogP) is 2.06. The van der Waals surface area contributed by atoms with Crippen molar-refractivity contribution in [3.63, 3.8) is 0 Å². The second-order valence-corrected chi connectivity index (χ2v) is 4.74. The standard InChI is InChI=1S/C15H14N4O/c1-8-6-9(7-12(16)13(8)17)14-10-4-2-3-5-11(10)15(20)19-18-14/h2-7H,16-17H2,1H3,(H,19,20). The maximum atomic E-state index is 11.8. The van der Waals surface area contributed by atoms with E-state index < -0.39 is 0 Å². The minimum absolute atomic E-state index is 0.204. The van der Waals surface area contributed by atoms with E-state index in [2.05, 4.69) is 10.2 Å². The predicted molar refractivity (Wildman–Crippen MR) is 81.4 cm³/mol. The van der Waals surface area contributed by atoms with Crippen LogP contribution in [-0.2, 0) is 0 Å². The van der Waals surface area contributed by atoms with Crippen LogP contribution in [-0.4, -0.2) is 10.2 Å². The average Bonchev–Trinajstić information content (AvgIpc) is 2.45. The van der Waals surface area contributed by atoms with Crippen molar-refractivity contribution >= 4 is 22.1 Å². The summed E-state index contributed by atoms with van der Waals surface area (Å²) in [6.07, 6.45) is 0. The third kappa shape index (κ3) is 1.80. The number of nitrogen functional groups attached to an aromatic ring is 2. The number of aromatic nitrogens is 2. The summed E-state index contributed by atoms with van der Waals surface area (Å²) in [6.45, 7) is 1.89. The van der Waals surface area contributed by atoms with Crippen LogP contribution in [0.1, 0.15) is 5.56 Å². The molecule has 100 valence electrons. The minimum atomic E-state index is -0.204. The van der Waals surface area contributed by atoms with E-state index in [-0.39, 0.29) is 5.56 Å². The second-order valence-electron chi connectivity index (χ2n) is 4.74. The Bertz CT molecular complexity index is 844. The molecule has 5 heteroatoms. The second kappa shape index (κ2) is 4.38. The number of hydrogen-bond acceptors (Lipinski definition) is 4. The normalized spacial score (nSPS) is 10.8. The number of nitrogens with zero attached hydrogens (tertiary/aromatic N) is 1. The maximum Gasteiger partial charge on any atom is 0.272 e. The first kappa shape index (κ1) is 12.2. The van der Waals surface area contributed by atoms with E-state index >= 15 is 0 Å². The lowest BCUT2D eigenvalue weighted by atomic mass is 10.0. The molecule has 0 aliphatic heterocycles. The smallest absolute Gasteiger partial charge is 0.272 e. The molecule has 0 amide bonds. The van der Waals surface area contributed by atoms with E-state index in [4.69, 9.17) is 11.5 Å². The number of aryl methyl sites for hydroxylation is 1. The number of nitrogens with two attached hydrogens (primary N) is 2. The Labute approximate surface area is 115 Å². The van der Waals surface area contributed by atoms with Crippen molar-refractivity contribution in [3.8, 4) is 11.3 Å². The summed E-state index contributed by atoms with van der Waals surface area (Å²) in [5.74, 6) is 0. The Balaban J connectivity index is 2.36. The van der Waals surface area contributed by atoms with E-state index in [1.807, 2.05) is 31.2 Å². The molecule has 0 atom stereocenters. The van der Waals surface area contributed by atoms with Gasteiger partial charge in [0.05, 0.1) is 22.5 Å². The molecule has 0 fully saturated rings. The van der Waals surface area contributed by atoms with E-state index in [0.29, 0.717) is 22.5 Å². The van der Waals surface area contributed by atoms with Crippen molar-refractivity contribution in [2.45, 2.75) is 6.92 Å². The molecule has 5 nitrogen and oxygen atoms in total. The van der Waals surface area contributed by atoms with E-state index in [1.165, 1.54) is 0 Å². The SMILES string of the molecule is Cc1cc(-c2n[nH]c(=O)c3ccccc23)cc(N)c1N.